The molecule has 4 N–H and O–H groups in total. The van der Waals surface area contributed by atoms with Gasteiger partial charge in [0.15, 0.2) is 5.65 Å². The van der Waals surface area contributed by atoms with E-state index in [2.05, 4.69) is 30.2 Å². The third-order valence-electron chi connectivity index (χ3n) is 11.6. The highest BCUT2D eigenvalue weighted by molar-refractivity contribution is 6.23. The monoisotopic (exact) mass is 753 g/mol. The van der Waals surface area contributed by atoms with Crippen LogP contribution in [0.5, 0.6) is 11.5 Å². The maximum Gasteiger partial charge on any atom is 0.262 e. The summed E-state index contributed by atoms with van der Waals surface area (Å²) in [6, 6.07) is 22.2. The summed E-state index contributed by atoms with van der Waals surface area (Å²) in [5.74, 6) is 0.487. The maximum absolute atomic E-state index is 13.4. The summed E-state index contributed by atoms with van der Waals surface area (Å²) < 4.78 is 8.07. The molecule has 14 nitrogen and oxygen atoms in total. The lowest BCUT2D eigenvalue weighted by molar-refractivity contribution is -0.136. The van der Waals surface area contributed by atoms with Crippen molar-refractivity contribution in [2.24, 2.45) is 5.92 Å². The lowest BCUT2D eigenvalue weighted by atomic mass is 9.85. The topological polar surface area (TPSA) is 178 Å². The van der Waals surface area contributed by atoms with E-state index in [1.807, 2.05) is 60.7 Å². The lowest BCUT2D eigenvalue weighted by Crippen LogP contribution is -2.54. The van der Waals surface area contributed by atoms with Crippen molar-refractivity contribution in [3.63, 3.8) is 0 Å². The molecule has 5 aromatic rings. The van der Waals surface area contributed by atoms with Gasteiger partial charge in [0.05, 0.1) is 22.6 Å². The molecule has 3 aromatic carbocycles. The van der Waals surface area contributed by atoms with Crippen LogP contribution < -0.4 is 21.1 Å². The van der Waals surface area contributed by atoms with Gasteiger partial charge in [0, 0.05) is 36.8 Å². The Hall–Kier alpha value is -6.15. The number of aromatic nitrogens is 4. The second kappa shape index (κ2) is 14.8. The normalized spacial score (nSPS) is 23.0. The fourth-order valence-corrected chi connectivity index (χ4v) is 8.83. The molecule has 3 fully saturated rings. The number of carbonyl (C=O) groups excluding carboxylic acids is 4. The Morgan fingerprint density at radius 2 is 1.61 bits per heavy atom. The molecular weight excluding hydrogens is 711 g/mol. The number of anilines is 2. The fraction of sp³-hybridized carbons (Fsp3) is 0.357. The molecule has 2 atom stereocenters. The largest absolute Gasteiger partial charge is 0.457 e. The molecule has 9 rings (SSSR count). The third kappa shape index (κ3) is 6.85. The van der Waals surface area contributed by atoms with Gasteiger partial charge in [-0.2, -0.15) is 5.10 Å². The number of hydrogen-bond donors (Lipinski definition) is 3. The van der Waals surface area contributed by atoms with E-state index in [4.69, 9.17) is 15.6 Å². The smallest absolute Gasteiger partial charge is 0.262 e. The molecule has 0 radical (unpaired) electrons. The number of nitrogens with zero attached hydrogens (tertiary/aromatic N) is 6. The summed E-state index contributed by atoms with van der Waals surface area (Å²) in [5.41, 5.74) is 10.2. The number of ether oxygens (including phenoxy) is 1. The average Bonchev–Trinajstić information content (AvgIpc) is 3.71. The molecule has 0 bridgehead atoms. The minimum atomic E-state index is -0.979. The summed E-state index contributed by atoms with van der Waals surface area (Å²) in [4.78, 5) is 63.1. The van der Waals surface area contributed by atoms with Gasteiger partial charge in [-0.3, -0.25) is 29.4 Å². The highest BCUT2D eigenvalue weighted by atomic mass is 16.5. The van der Waals surface area contributed by atoms with E-state index >= 15 is 0 Å². The predicted octanol–water partition coefficient (Wildman–Crippen LogP) is 5.58. The molecule has 4 amide bonds. The van der Waals surface area contributed by atoms with Crippen molar-refractivity contribution in [3.05, 3.63) is 90.3 Å². The molecule has 3 aliphatic heterocycles. The molecule has 2 aromatic heterocycles. The van der Waals surface area contributed by atoms with Crippen molar-refractivity contribution in [1.29, 1.82) is 0 Å². The van der Waals surface area contributed by atoms with Crippen molar-refractivity contribution in [2.45, 2.75) is 69.5 Å². The highest BCUT2D eigenvalue weighted by Gasteiger charge is 2.44. The first-order valence-corrected chi connectivity index (χ1v) is 19.5. The van der Waals surface area contributed by atoms with Gasteiger partial charge in [0.2, 0.25) is 11.8 Å². The Kier molecular flexibility index (Phi) is 9.41. The van der Waals surface area contributed by atoms with E-state index < -0.39 is 29.7 Å². The van der Waals surface area contributed by atoms with Crippen LogP contribution >= 0.6 is 0 Å². The van der Waals surface area contributed by atoms with Gasteiger partial charge in [0.1, 0.15) is 35.4 Å². The van der Waals surface area contributed by atoms with Gasteiger partial charge in [-0.15, -0.1) is 0 Å². The summed E-state index contributed by atoms with van der Waals surface area (Å²) in [6.07, 6.45) is 7.92. The van der Waals surface area contributed by atoms with E-state index in [-0.39, 0.29) is 36.1 Å². The van der Waals surface area contributed by atoms with Crippen molar-refractivity contribution in [1.82, 2.24) is 34.9 Å². The third-order valence-corrected chi connectivity index (χ3v) is 11.6. The van der Waals surface area contributed by atoms with Crippen LogP contribution in [0, 0.1) is 5.92 Å². The molecule has 4 aliphatic rings. The van der Waals surface area contributed by atoms with Gasteiger partial charge >= 0.3 is 0 Å². The second-order valence-corrected chi connectivity index (χ2v) is 15.3. The Balaban J connectivity index is 0.819. The molecule has 286 valence electrons. The number of rotatable bonds is 9. The number of amides is 4. The number of piperidine rings is 2. The van der Waals surface area contributed by atoms with Crippen LogP contribution in [0.15, 0.2) is 79.1 Å². The number of benzene rings is 3. The molecular formula is C42H43N9O5. The van der Waals surface area contributed by atoms with Crippen LogP contribution in [0.25, 0.3) is 22.3 Å². The number of hydrogen-bond acceptors (Lipinski definition) is 11. The van der Waals surface area contributed by atoms with Crippen LogP contribution in [0.1, 0.15) is 78.1 Å². The van der Waals surface area contributed by atoms with Gasteiger partial charge in [-0.05, 0) is 112 Å². The molecule has 56 heavy (non-hydrogen) atoms. The molecule has 2 unspecified atom stereocenters. The number of para-hydroxylation sites is 1. The minimum Gasteiger partial charge on any atom is -0.457 e. The zero-order chi connectivity index (χ0) is 38.3. The molecule has 1 aliphatic carbocycles. The first kappa shape index (κ1) is 35.5. The summed E-state index contributed by atoms with van der Waals surface area (Å²) in [7, 11) is 0. The standard InChI is InChI=1S/C42H43N9O5/c43-38-36-37(26-10-15-31(16-11-26)56-30-6-2-1-3-7-30)48-51(39(36)45-24-44-38)29-13-8-25(9-14-29)22-49-20-4-5-28(23-49)46-27-12-17-32-33(21-27)42(55)50(41(32)54)34-18-19-35(52)47-40(34)53/h1-3,6-7,10-12,15-17,21,24-25,28-29,34,46H,4-5,8-9,13-14,18-20,22-23H2,(H2,43,44,45)(H,47,52,53). The van der Waals surface area contributed by atoms with Crippen molar-refractivity contribution in [2.75, 3.05) is 30.7 Å². The van der Waals surface area contributed by atoms with Crippen molar-refractivity contribution < 1.29 is 23.9 Å². The Labute approximate surface area is 323 Å². The lowest BCUT2D eigenvalue weighted by Gasteiger charge is -2.37. The van der Waals surface area contributed by atoms with E-state index in [1.165, 1.54) is 6.33 Å². The van der Waals surface area contributed by atoms with Crippen LogP contribution in [0.2, 0.25) is 0 Å². The summed E-state index contributed by atoms with van der Waals surface area (Å²) in [5, 5.41) is 11.7. The van der Waals surface area contributed by atoms with Gasteiger partial charge in [-0.1, -0.05) is 18.2 Å². The van der Waals surface area contributed by atoms with Crippen molar-refractivity contribution in [3.8, 4) is 22.8 Å². The fourth-order valence-electron chi connectivity index (χ4n) is 8.83. The average molecular weight is 754 g/mol. The summed E-state index contributed by atoms with van der Waals surface area (Å²) in [6.45, 7) is 2.93. The zero-order valence-electron chi connectivity index (χ0n) is 30.9. The van der Waals surface area contributed by atoms with E-state index in [1.54, 1.807) is 12.1 Å². The molecule has 2 saturated heterocycles. The maximum atomic E-state index is 13.4. The summed E-state index contributed by atoms with van der Waals surface area (Å²) >= 11 is 0. The highest BCUT2D eigenvalue weighted by Crippen LogP contribution is 2.39. The minimum absolute atomic E-state index is 0.0894. The van der Waals surface area contributed by atoms with E-state index in [0.717, 1.165) is 103 Å². The van der Waals surface area contributed by atoms with E-state index in [9.17, 15) is 19.2 Å². The zero-order valence-corrected chi connectivity index (χ0v) is 30.9. The predicted molar refractivity (Wildman–Crippen MR) is 209 cm³/mol. The van der Waals surface area contributed by atoms with Crippen LogP contribution in [-0.2, 0) is 9.59 Å². The SMILES string of the molecule is Nc1ncnc2c1c(-c1ccc(Oc3ccccc3)cc1)nn2C1CCC(CN2CCCC(Nc3ccc4c(c3)C(=O)N(C3CCC(=O)NC3=O)C4=O)C2)CC1. The number of nitrogens with two attached hydrogens (primary N) is 1. The molecule has 0 spiro atoms. The molecule has 14 heteroatoms. The quantitative estimate of drug-likeness (QED) is 0.160. The Bertz CT molecular complexity index is 2320. The number of carbonyl (C=O) groups is 4. The number of nitrogens with one attached hydrogen (secondary N) is 2. The second-order valence-electron chi connectivity index (χ2n) is 15.3. The number of fused-ring (bicyclic) bond motifs is 2. The molecule has 5 heterocycles. The first-order valence-electron chi connectivity index (χ1n) is 19.5. The van der Waals surface area contributed by atoms with Crippen LogP contribution in [-0.4, -0.2) is 84.9 Å². The van der Waals surface area contributed by atoms with Crippen LogP contribution in [0.3, 0.4) is 0 Å². The van der Waals surface area contributed by atoms with Gasteiger partial charge in [-0.25, -0.2) is 14.6 Å². The van der Waals surface area contributed by atoms with Gasteiger partial charge in [0.25, 0.3) is 11.8 Å². The van der Waals surface area contributed by atoms with Crippen LogP contribution in [0.4, 0.5) is 11.5 Å². The number of likely N-dealkylation sites (tertiary alicyclic amines) is 1. The first-order chi connectivity index (χ1) is 27.3. The number of imide groups is 2. The Morgan fingerprint density at radius 3 is 2.39 bits per heavy atom. The van der Waals surface area contributed by atoms with Crippen molar-refractivity contribution >= 4 is 46.2 Å². The number of nitrogen functional groups attached to an aromatic ring is 1. The van der Waals surface area contributed by atoms with Gasteiger partial charge < -0.3 is 20.7 Å². The molecule has 1 saturated carbocycles. The Morgan fingerprint density at radius 1 is 0.839 bits per heavy atom. The van der Waals surface area contributed by atoms with E-state index in [0.29, 0.717) is 11.7 Å².